The second-order valence-corrected chi connectivity index (χ2v) is 5.32. The summed E-state index contributed by atoms with van der Waals surface area (Å²) in [4.78, 5) is 0. The summed E-state index contributed by atoms with van der Waals surface area (Å²) in [5.74, 6) is 3.03. The topological polar surface area (TPSA) is 30.5 Å². The average Bonchev–Trinajstić information content (AvgIpc) is 2.47. The number of nitrogens with one attached hydrogen (secondary N) is 1. The van der Waals surface area contributed by atoms with Crippen molar-refractivity contribution in [1.82, 2.24) is 5.32 Å². The molecule has 0 heterocycles. The lowest BCUT2D eigenvalue weighted by Crippen LogP contribution is -2.27. The Morgan fingerprint density at radius 2 is 1.84 bits per heavy atom. The van der Waals surface area contributed by atoms with Crippen LogP contribution in [0.25, 0.3) is 0 Å². The normalized spacial score (nSPS) is 23.1. The van der Waals surface area contributed by atoms with E-state index in [0.29, 0.717) is 5.92 Å². The first-order chi connectivity index (χ1) is 9.30. The summed E-state index contributed by atoms with van der Waals surface area (Å²) in [6, 6.07) is 6.37. The van der Waals surface area contributed by atoms with Crippen LogP contribution in [-0.4, -0.2) is 27.8 Å². The van der Waals surface area contributed by atoms with Gasteiger partial charge in [-0.25, -0.2) is 0 Å². The van der Waals surface area contributed by atoms with E-state index in [1.807, 2.05) is 13.1 Å². The Labute approximate surface area is 116 Å². The van der Waals surface area contributed by atoms with E-state index in [0.717, 1.165) is 24.0 Å². The Morgan fingerprint density at radius 3 is 2.53 bits per heavy atom. The van der Waals surface area contributed by atoms with Gasteiger partial charge in [0.25, 0.3) is 0 Å². The Morgan fingerprint density at radius 1 is 1.11 bits per heavy atom. The molecule has 1 fully saturated rings. The Hall–Kier alpha value is -1.22. The molecule has 19 heavy (non-hydrogen) atoms. The highest BCUT2D eigenvalue weighted by molar-refractivity contribution is 5.44. The summed E-state index contributed by atoms with van der Waals surface area (Å²) in [6.07, 6.45) is 5.29. The van der Waals surface area contributed by atoms with Gasteiger partial charge >= 0.3 is 0 Å². The Kier molecular flexibility index (Phi) is 5.08. The van der Waals surface area contributed by atoms with E-state index in [1.165, 1.54) is 31.2 Å². The molecule has 0 spiro atoms. The predicted molar refractivity (Wildman–Crippen MR) is 78.2 cm³/mol. The number of benzene rings is 1. The number of hydrogen-bond donors (Lipinski definition) is 1. The molecule has 1 aromatic carbocycles. The molecule has 1 aliphatic carbocycles. The average molecular weight is 263 g/mol. The molecular weight excluding hydrogens is 238 g/mol. The second-order valence-electron chi connectivity index (χ2n) is 5.32. The summed E-state index contributed by atoms with van der Waals surface area (Å²) in [6.45, 7) is 1.10. The van der Waals surface area contributed by atoms with Gasteiger partial charge in [0, 0.05) is 0 Å². The summed E-state index contributed by atoms with van der Waals surface area (Å²) >= 11 is 0. The molecule has 1 aliphatic rings. The lowest BCUT2D eigenvalue weighted by Gasteiger charge is -2.32. The van der Waals surface area contributed by atoms with Gasteiger partial charge in [-0.2, -0.15) is 0 Å². The van der Waals surface area contributed by atoms with Crippen molar-refractivity contribution in [3.05, 3.63) is 23.8 Å². The Balaban J connectivity index is 2.23. The largest absolute Gasteiger partial charge is 0.493 e. The minimum Gasteiger partial charge on any atom is -0.493 e. The van der Waals surface area contributed by atoms with E-state index in [2.05, 4.69) is 17.4 Å². The van der Waals surface area contributed by atoms with E-state index < -0.39 is 0 Å². The van der Waals surface area contributed by atoms with Crippen LogP contribution in [-0.2, 0) is 0 Å². The highest BCUT2D eigenvalue weighted by atomic mass is 16.5. The van der Waals surface area contributed by atoms with Gasteiger partial charge in [-0.05, 0) is 56.0 Å². The Bertz CT molecular complexity index is 404. The molecule has 1 N–H and O–H groups in total. The van der Waals surface area contributed by atoms with Gasteiger partial charge in [0.2, 0.25) is 0 Å². The van der Waals surface area contributed by atoms with Crippen LogP contribution in [0.15, 0.2) is 18.2 Å². The highest BCUT2D eigenvalue weighted by Crippen LogP contribution is 2.40. The van der Waals surface area contributed by atoms with Crippen molar-refractivity contribution < 1.29 is 9.47 Å². The van der Waals surface area contributed by atoms with E-state index in [9.17, 15) is 0 Å². The third-order valence-electron chi connectivity index (χ3n) is 4.21. The molecule has 106 valence electrons. The first-order valence-electron chi connectivity index (χ1n) is 7.16. The lowest BCUT2D eigenvalue weighted by atomic mass is 9.75. The second kappa shape index (κ2) is 6.80. The van der Waals surface area contributed by atoms with E-state index in [4.69, 9.17) is 9.47 Å². The molecule has 1 saturated carbocycles. The quantitative estimate of drug-likeness (QED) is 0.885. The van der Waals surface area contributed by atoms with Crippen LogP contribution in [0.4, 0.5) is 0 Å². The molecule has 0 aromatic heterocycles. The minimum absolute atomic E-state index is 0.640. The molecule has 0 radical (unpaired) electrons. The molecule has 2 rings (SSSR count). The molecule has 1 aromatic rings. The monoisotopic (exact) mass is 263 g/mol. The van der Waals surface area contributed by atoms with Crippen molar-refractivity contribution >= 4 is 0 Å². The maximum atomic E-state index is 5.42. The highest BCUT2D eigenvalue weighted by Gasteiger charge is 2.26. The van der Waals surface area contributed by atoms with Crippen LogP contribution in [0.1, 0.15) is 37.2 Å². The van der Waals surface area contributed by atoms with Crippen molar-refractivity contribution in [2.75, 3.05) is 27.8 Å². The van der Waals surface area contributed by atoms with Crippen LogP contribution in [0.2, 0.25) is 0 Å². The summed E-state index contributed by atoms with van der Waals surface area (Å²) in [5, 5.41) is 3.33. The van der Waals surface area contributed by atoms with Crippen molar-refractivity contribution in [2.45, 2.75) is 31.6 Å². The van der Waals surface area contributed by atoms with Crippen LogP contribution >= 0.6 is 0 Å². The number of methoxy groups -OCH3 is 2. The molecule has 0 amide bonds. The maximum Gasteiger partial charge on any atom is 0.160 e. The third-order valence-corrected chi connectivity index (χ3v) is 4.21. The van der Waals surface area contributed by atoms with Gasteiger partial charge in [-0.15, -0.1) is 0 Å². The van der Waals surface area contributed by atoms with Crippen LogP contribution in [0.3, 0.4) is 0 Å². The number of ether oxygens (including phenoxy) is 2. The van der Waals surface area contributed by atoms with Gasteiger partial charge in [-0.1, -0.05) is 18.9 Å². The molecule has 0 aliphatic heterocycles. The van der Waals surface area contributed by atoms with Crippen molar-refractivity contribution in [3.8, 4) is 11.5 Å². The van der Waals surface area contributed by atoms with Gasteiger partial charge in [0.15, 0.2) is 11.5 Å². The zero-order valence-corrected chi connectivity index (χ0v) is 12.2. The summed E-state index contributed by atoms with van der Waals surface area (Å²) in [5.41, 5.74) is 1.39. The molecule has 0 saturated heterocycles. The maximum absolute atomic E-state index is 5.42. The molecule has 3 heteroatoms. The number of rotatable bonds is 5. The molecule has 3 nitrogen and oxygen atoms in total. The van der Waals surface area contributed by atoms with Crippen LogP contribution < -0.4 is 14.8 Å². The van der Waals surface area contributed by atoms with Crippen molar-refractivity contribution in [2.24, 2.45) is 5.92 Å². The molecule has 0 bridgehead atoms. The molecular formula is C16H25NO2. The molecule has 2 atom stereocenters. The van der Waals surface area contributed by atoms with E-state index in [-0.39, 0.29) is 0 Å². The fraction of sp³-hybridized carbons (Fsp3) is 0.625. The smallest absolute Gasteiger partial charge is 0.160 e. The van der Waals surface area contributed by atoms with Crippen molar-refractivity contribution in [3.63, 3.8) is 0 Å². The van der Waals surface area contributed by atoms with E-state index in [1.54, 1.807) is 14.2 Å². The van der Waals surface area contributed by atoms with E-state index >= 15 is 0 Å². The summed E-state index contributed by atoms with van der Waals surface area (Å²) in [7, 11) is 5.43. The van der Waals surface area contributed by atoms with Gasteiger partial charge in [0.05, 0.1) is 14.2 Å². The SMILES string of the molecule is CNCC1CCCCC1c1ccc(OC)c(OC)c1. The zero-order valence-electron chi connectivity index (χ0n) is 12.2. The van der Waals surface area contributed by atoms with Crippen LogP contribution in [0.5, 0.6) is 11.5 Å². The standard InChI is InChI=1S/C16H25NO2/c1-17-11-13-6-4-5-7-14(13)12-8-9-15(18-2)16(10-12)19-3/h8-10,13-14,17H,4-7,11H2,1-3H3. The first kappa shape index (κ1) is 14.2. The van der Waals surface area contributed by atoms with Crippen LogP contribution in [0, 0.1) is 5.92 Å². The van der Waals surface area contributed by atoms with Gasteiger partial charge < -0.3 is 14.8 Å². The fourth-order valence-corrected chi connectivity index (χ4v) is 3.24. The molecule has 2 unspecified atom stereocenters. The minimum atomic E-state index is 0.640. The predicted octanol–water partition coefficient (Wildman–Crippen LogP) is 3.20. The third kappa shape index (κ3) is 3.21. The van der Waals surface area contributed by atoms with Gasteiger partial charge in [0.1, 0.15) is 0 Å². The fourth-order valence-electron chi connectivity index (χ4n) is 3.24. The number of hydrogen-bond acceptors (Lipinski definition) is 3. The lowest BCUT2D eigenvalue weighted by molar-refractivity contribution is 0.299. The van der Waals surface area contributed by atoms with Gasteiger partial charge in [-0.3, -0.25) is 0 Å². The zero-order chi connectivity index (χ0) is 13.7. The van der Waals surface area contributed by atoms with Crippen molar-refractivity contribution in [1.29, 1.82) is 0 Å². The first-order valence-corrected chi connectivity index (χ1v) is 7.16. The summed E-state index contributed by atoms with van der Waals surface area (Å²) < 4.78 is 10.7.